The molecule has 0 spiro atoms. The Bertz CT molecular complexity index is 1340. The molecule has 6 aliphatic heterocycles. The van der Waals surface area contributed by atoms with Crippen molar-refractivity contribution in [2.24, 2.45) is 55.4 Å². The molecule has 0 aromatic heterocycles. The molecule has 0 aromatic rings. The average molecular weight is 1410 g/mol. The van der Waals surface area contributed by atoms with E-state index in [1.54, 1.807) is 21.1 Å². The Morgan fingerprint density at radius 1 is 0.635 bits per heavy atom. The van der Waals surface area contributed by atoms with E-state index in [0.29, 0.717) is 74.6 Å². The first-order valence-corrected chi connectivity index (χ1v) is 49.7. The number of rotatable bonds is 13. The van der Waals surface area contributed by atoms with Crippen molar-refractivity contribution in [2.45, 2.75) is 252 Å². The van der Waals surface area contributed by atoms with Crippen molar-refractivity contribution in [3.8, 4) is 0 Å². The molecular formula is C58H125Ga2I2NO11. The average Bonchev–Trinajstić information content (AvgIpc) is 3.35. The number of hydrogen-bond acceptors (Lipinski definition) is 10. The molecule has 1 amide bonds. The van der Waals surface area contributed by atoms with Gasteiger partial charge in [0.05, 0.1) is 68.1 Å². The van der Waals surface area contributed by atoms with E-state index in [9.17, 15) is 4.79 Å². The molecule has 6 heterocycles. The summed E-state index contributed by atoms with van der Waals surface area (Å²) < 4.78 is 48.2. The van der Waals surface area contributed by atoms with Crippen molar-refractivity contribution >= 4 is 74.0 Å². The van der Waals surface area contributed by atoms with Crippen LogP contribution < -0.4 is 0 Å². The van der Waals surface area contributed by atoms with Gasteiger partial charge < -0.3 is 48.8 Å². The van der Waals surface area contributed by atoms with Gasteiger partial charge in [0.1, 0.15) is 0 Å². The monoisotopic (exact) mass is 1400 g/mol. The van der Waals surface area contributed by atoms with Crippen LogP contribution in [-0.2, 0) is 38.0 Å². The summed E-state index contributed by atoms with van der Waals surface area (Å²) >= 11 is 5.03. The summed E-state index contributed by atoms with van der Waals surface area (Å²) in [6.07, 6.45) is 11.7. The van der Waals surface area contributed by atoms with Gasteiger partial charge in [-0.2, -0.15) is 0 Å². The molecule has 3 aliphatic carbocycles. The van der Waals surface area contributed by atoms with E-state index < -0.39 is 13.7 Å². The summed E-state index contributed by atoms with van der Waals surface area (Å²) in [5, 5.41) is 15.4. The summed E-state index contributed by atoms with van der Waals surface area (Å²) in [4.78, 5) is 9.91. The Morgan fingerprint density at radius 3 is 1.35 bits per heavy atom. The molecule has 9 aliphatic rings. The van der Waals surface area contributed by atoms with Crippen LogP contribution >= 0.6 is 39.3 Å². The van der Waals surface area contributed by atoms with Gasteiger partial charge in [-0.05, 0) is 117 Å². The number of ether oxygens (including phenoxy) is 7. The maximum atomic E-state index is 9.91. The van der Waals surface area contributed by atoms with Crippen LogP contribution in [0.15, 0.2) is 3.65 Å². The van der Waals surface area contributed by atoms with E-state index in [4.69, 9.17) is 38.6 Å². The molecule has 74 heavy (non-hydrogen) atoms. The fourth-order valence-corrected chi connectivity index (χ4v) is 14.5. The zero-order valence-electron chi connectivity index (χ0n) is 52.2. The number of hydrogen-bond donors (Lipinski definition) is 2. The van der Waals surface area contributed by atoms with Crippen LogP contribution in [0, 0.1) is 51.8 Å². The van der Waals surface area contributed by atoms with Gasteiger partial charge in [-0.1, -0.05) is 138 Å². The van der Waals surface area contributed by atoms with Crippen molar-refractivity contribution in [1.29, 1.82) is 0 Å². The molecule has 16 heteroatoms. The molecule has 3 saturated carbocycles. The van der Waals surface area contributed by atoms with E-state index in [2.05, 4.69) is 131 Å². The quantitative estimate of drug-likeness (QED) is 0.134. The summed E-state index contributed by atoms with van der Waals surface area (Å²) in [6.45, 7) is 49.2. The van der Waals surface area contributed by atoms with Gasteiger partial charge >= 0.3 is 89.3 Å². The third-order valence-corrected chi connectivity index (χ3v) is 18.7. The molecule has 448 valence electrons. The van der Waals surface area contributed by atoms with Crippen molar-refractivity contribution in [2.75, 3.05) is 67.6 Å². The Kier molecular flexibility index (Phi) is 54.5. The number of methoxy groups -OCH3 is 2. The van der Waals surface area contributed by atoms with Gasteiger partial charge in [0, 0.05) is 40.5 Å². The van der Waals surface area contributed by atoms with Crippen LogP contribution in [0.25, 0.3) is 0 Å². The molecular weight excluding hydrogens is 1280 g/mol. The maximum absolute atomic E-state index is 9.91. The van der Waals surface area contributed by atoms with Crippen molar-refractivity contribution in [3.63, 3.8) is 0 Å². The van der Waals surface area contributed by atoms with Crippen molar-refractivity contribution in [3.05, 3.63) is 0 Å². The second kappa shape index (κ2) is 46.3. The van der Waals surface area contributed by atoms with Gasteiger partial charge in [0.15, 0.2) is 0 Å². The third kappa shape index (κ3) is 24.3. The number of fused-ring (bicyclic) bond motifs is 9. The fraction of sp³-hybridized carbons (Fsp3) is 0.983. The second-order valence-corrected chi connectivity index (χ2v) is 24.9. The van der Waals surface area contributed by atoms with Gasteiger partial charge in [-0.25, -0.2) is 0 Å². The summed E-state index contributed by atoms with van der Waals surface area (Å²) in [5.41, 5.74) is -0.0659. The summed E-state index contributed by atoms with van der Waals surface area (Å²) in [7, 11) is 5.08. The minimum atomic E-state index is -0.509. The number of aliphatic hydroxyl groups is 2. The zero-order valence-corrected chi connectivity index (χ0v) is 63.1. The first-order valence-electron chi connectivity index (χ1n) is 28.4. The molecule has 6 unspecified atom stereocenters. The molecule has 6 bridgehead atoms. The Balaban J connectivity index is -0.000000337. The molecule has 0 radical (unpaired) electrons. The van der Waals surface area contributed by atoms with Crippen LogP contribution in [0.2, 0.25) is 0 Å². The number of halogens is 2. The molecule has 0 aromatic carbocycles. The van der Waals surface area contributed by atoms with Crippen LogP contribution in [-0.4, -0.2) is 153 Å². The molecule has 12 nitrogen and oxygen atoms in total. The third-order valence-electron chi connectivity index (χ3n) is 16.3. The van der Waals surface area contributed by atoms with Gasteiger partial charge in [-0.3, -0.25) is 0 Å². The zero-order chi connectivity index (χ0) is 57.2. The van der Waals surface area contributed by atoms with Gasteiger partial charge in [0.2, 0.25) is 0 Å². The van der Waals surface area contributed by atoms with Crippen LogP contribution in [0.4, 0.5) is 0 Å². The summed E-state index contributed by atoms with van der Waals surface area (Å²) in [5.74, 6) is 3.03. The first kappa shape index (κ1) is 87.1. The number of nitrogens with zero attached hydrogens (tertiary/aromatic N) is 1. The molecule has 9 fully saturated rings. The van der Waals surface area contributed by atoms with Gasteiger partial charge in [-0.15, -0.1) is 0 Å². The van der Waals surface area contributed by atoms with Crippen molar-refractivity contribution in [1.82, 2.24) is 0 Å². The van der Waals surface area contributed by atoms with Crippen LogP contribution in [0.1, 0.15) is 217 Å². The number of carbonyl (C=O) groups excluding carboxylic acids is 1. The van der Waals surface area contributed by atoms with Crippen LogP contribution in [0.5, 0.6) is 0 Å². The van der Waals surface area contributed by atoms with E-state index >= 15 is 0 Å². The Morgan fingerprint density at radius 2 is 1.00 bits per heavy atom. The molecule has 15 atom stereocenters. The number of amides is 1. The molecule has 9 rings (SSSR count). The van der Waals surface area contributed by atoms with E-state index in [-0.39, 0.29) is 70.7 Å². The van der Waals surface area contributed by atoms with E-state index in [1.165, 1.54) is 26.2 Å². The number of carbonyl (C=O) groups is 1. The second-order valence-electron chi connectivity index (χ2n) is 21.1. The summed E-state index contributed by atoms with van der Waals surface area (Å²) in [6, 6.07) is 0. The van der Waals surface area contributed by atoms with E-state index in [1.807, 2.05) is 55.6 Å². The topological polar surface area (TPSA) is 166 Å². The molecule has 6 saturated heterocycles. The normalized spacial score (nSPS) is 35.8. The first-order chi connectivity index (χ1) is 34.1. The fourth-order valence-electron chi connectivity index (χ4n) is 12.2. The Labute approximate surface area is 498 Å². The minimum absolute atomic E-state index is 0. The van der Waals surface area contributed by atoms with E-state index in [0.717, 1.165) is 66.6 Å². The predicted octanol–water partition coefficient (Wildman–Crippen LogP) is 13.8. The van der Waals surface area contributed by atoms with Gasteiger partial charge in [0.25, 0.3) is 0 Å². The Hall–Kier alpha value is 1.80. The predicted molar refractivity (Wildman–Crippen MR) is 337 cm³/mol. The number of aliphatic hydroxyl groups excluding tert-OH is 2. The van der Waals surface area contributed by atoms with Crippen molar-refractivity contribution < 1.29 is 53.6 Å². The van der Waals surface area contributed by atoms with Crippen LogP contribution in [0.3, 0.4) is 0 Å². The standard InChI is InChI=1S/C39H68O6.C3H8O.C3H8.C2H3NO.2C2H6O.3C2H6.CH4.2Ga.2HI.H2O.2H/c1-12-32-35(9)15-28(6)38(44-32,17-26(35)4)24-41-20-30-19-39(22-40-11)31(18-36(30,10)33(13-2)45-39)21-42-23-37-16-25(3)34(8,14-27(37)5)29(7)43-37;1-2-3-4;1-3-2;1-2(3)4;1-3-2;1-2-3;3*1-2;;;;;;;;/h25-33H,12-24H2,1-11H3;4H,2-3H2,1H3;3H2,1-2H3;1H3;1-2H3;3H,2H2,1H3;3*1-2H3;1H4;;;2*1H;1H2;;/q;;;;;;;;;;2*+1;;;;;/p-2/t25-,26?,27+,28+,29?,30?,31-,32?,33?,34-,35+,36+,37?,38-,39-;;;;;;;;;;;;;;;;/m1................/s1. The molecule has 4 N–H and O–H groups in total. The SMILES string of the molecule is C.CC.CC.CC.CC(=O)[N]=[Ga][I].CCC.CCC1O[C@@]2(COCC3C[C@]4(COC)OC(CC)[C@@]3(C)C[C@@H]4COCC34C[C@@H](C)[C@@](C)(C[C@@H]3C)C(C)O4)CC(C)[C@]1(C)C[C@@H]2C.CCCO.CCO.COC.O.[GaH2][I].